The first-order valence-corrected chi connectivity index (χ1v) is 12.8. The molecular weight excluding hydrogens is 536 g/mol. The van der Waals surface area contributed by atoms with Gasteiger partial charge in [0, 0.05) is 34.9 Å². The molecule has 41 heavy (non-hydrogen) atoms. The fourth-order valence-corrected chi connectivity index (χ4v) is 6.32. The van der Waals surface area contributed by atoms with Crippen molar-refractivity contribution in [2.45, 2.75) is 31.0 Å². The van der Waals surface area contributed by atoms with E-state index < -0.39 is 64.0 Å². The number of fused-ring (bicyclic) bond motifs is 3. The molecule has 3 aliphatic carbocycles. The van der Waals surface area contributed by atoms with E-state index in [4.69, 9.17) is 5.73 Å². The molecule has 1 saturated carbocycles. The Bertz CT molecular complexity index is 1580. The zero-order valence-electron chi connectivity index (χ0n) is 22.2. The van der Waals surface area contributed by atoms with Crippen molar-refractivity contribution >= 4 is 29.1 Å². The molecule has 1 fully saturated rings. The molecule has 2 amide bonds. The lowest BCUT2D eigenvalue weighted by Crippen LogP contribution is -2.65. The Morgan fingerprint density at radius 3 is 2.39 bits per heavy atom. The number of phenols is 1. The van der Waals surface area contributed by atoms with Crippen molar-refractivity contribution in [2.24, 2.45) is 17.6 Å². The van der Waals surface area contributed by atoms with E-state index in [9.17, 15) is 44.8 Å². The number of aliphatic hydroxyl groups excluding tert-OH is 2. The van der Waals surface area contributed by atoms with Gasteiger partial charge in [-0.05, 0) is 50.0 Å². The van der Waals surface area contributed by atoms with Crippen molar-refractivity contribution in [2.75, 3.05) is 14.1 Å². The fourth-order valence-electron chi connectivity index (χ4n) is 6.32. The van der Waals surface area contributed by atoms with Crippen LogP contribution in [0.2, 0.25) is 0 Å². The van der Waals surface area contributed by atoms with Crippen molar-refractivity contribution in [3.8, 4) is 5.75 Å². The quantitative estimate of drug-likeness (QED) is 0.139. The van der Waals surface area contributed by atoms with E-state index in [0.29, 0.717) is 11.1 Å². The van der Waals surface area contributed by atoms with Gasteiger partial charge in [0.1, 0.15) is 22.8 Å². The average molecular weight is 566 g/mol. The van der Waals surface area contributed by atoms with Gasteiger partial charge in [0.05, 0.1) is 17.2 Å². The van der Waals surface area contributed by atoms with E-state index in [0.717, 1.165) is 4.73 Å². The molecule has 0 spiro atoms. The van der Waals surface area contributed by atoms with Crippen LogP contribution in [0.4, 0.5) is 0 Å². The van der Waals surface area contributed by atoms with Gasteiger partial charge in [0.2, 0.25) is 18.2 Å². The summed E-state index contributed by atoms with van der Waals surface area (Å²) in [6.45, 7) is -0.00355. The zero-order chi connectivity index (χ0) is 30.0. The number of Topliss-reactive ketones (excluding diaryl/α,β-unsaturated/α-hetero) is 2. The van der Waals surface area contributed by atoms with Crippen LogP contribution >= 0.6 is 0 Å². The third-order valence-corrected chi connectivity index (χ3v) is 8.22. The maximum atomic E-state index is 13.9. The monoisotopic (exact) mass is 565 g/mol. The Kier molecular flexibility index (Phi) is 6.59. The lowest BCUT2D eigenvalue weighted by Gasteiger charge is -2.50. The summed E-state index contributed by atoms with van der Waals surface area (Å²) in [6.07, 6.45) is 2.64. The number of amides is 2. The molecule has 1 heterocycles. The number of aliphatic hydroxyl groups is 3. The Morgan fingerprint density at radius 1 is 1.12 bits per heavy atom. The number of pyridine rings is 1. The molecule has 2 aromatic rings. The summed E-state index contributed by atoms with van der Waals surface area (Å²) in [5, 5.41) is 56.7. The number of nitrogens with two attached hydrogens (primary N) is 1. The van der Waals surface area contributed by atoms with Gasteiger partial charge in [-0.1, -0.05) is 6.07 Å². The number of aromatic hydroxyl groups is 1. The third kappa shape index (κ3) is 4.12. The number of phenolic OH excluding ortho intramolecular Hbond substituents is 1. The molecule has 0 radical (unpaired) electrons. The van der Waals surface area contributed by atoms with E-state index in [1.807, 2.05) is 0 Å². The van der Waals surface area contributed by atoms with Gasteiger partial charge in [-0.15, -0.1) is 0 Å². The minimum absolute atomic E-state index is 0.00355. The van der Waals surface area contributed by atoms with Crippen LogP contribution < -0.4 is 15.8 Å². The van der Waals surface area contributed by atoms with E-state index in [2.05, 4.69) is 5.32 Å². The first-order valence-electron chi connectivity index (χ1n) is 12.8. The lowest BCUT2D eigenvalue weighted by molar-refractivity contribution is -0.904. The normalized spacial score (nSPS) is 25.5. The second-order valence-corrected chi connectivity index (χ2v) is 10.7. The van der Waals surface area contributed by atoms with Gasteiger partial charge in [0.25, 0.3) is 11.8 Å². The van der Waals surface area contributed by atoms with Crippen LogP contribution in [0.15, 0.2) is 53.6 Å². The van der Waals surface area contributed by atoms with Crippen LogP contribution in [-0.2, 0) is 27.3 Å². The second-order valence-electron chi connectivity index (χ2n) is 10.7. The highest BCUT2D eigenvalue weighted by molar-refractivity contribution is 6.24. The number of carbonyl (C=O) groups excluding carboxylic acids is 4. The predicted octanol–water partition coefficient (Wildman–Crippen LogP) is -0.581. The SMILES string of the molecule is CN(C)[C@H]1C(=O)C(C(N)=O)=C(O)[C@]2(O)C(=O)C3=C(O)c4c(O)ccc(CNC(=O)c5cc[n+](O)cc5)c4C[C@@H]3C[C@H]12. The summed E-state index contributed by atoms with van der Waals surface area (Å²) in [4.78, 5) is 53.2. The number of rotatable bonds is 5. The molecule has 13 heteroatoms. The lowest BCUT2D eigenvalue weighted by atomic mass is 9.57. The van der Waals surface area contributed by atoms with Crippen LogP contribution in [0.5, 0.6) is 5.75 Å². The number of aromatic nitrogens is 1. The fraction of sp³-hybridized carbons (Fsp3) is 0.321. The maximum absolute atomic E-state index is 13.9. The van der Waals surface area contributed by atoms with Gasteiger partial charge in [-0.2, -0.15) is 0 Å². The third-order valence-electron chi connectivity index (χ3n) is 8.22. The van der Waals surface area contributed by atoms with Gasteiger partial charge in [-0.3, -0.25) is 29.3 Å². The minimum Gasteiger partial charge on any atom is -0.508 e. The van der Waals surface area contributed by atoms with E-state index in [1.165, 1.54) is 49.6 Å². The van der Waals surface area contributed by atoms with Gasteiger partial charge < -0.3 is 31.5 Å². The van der Waals surface area contributed by atoms with Crippen LogP contribution in [0.1, 0.15) is 33.5 Å². The highest BCUT2D eigenvalue weighted by atomic mass is 16.5. The highest BCUT2D eigenvalue weighted by Crippen LogP contribution is 2.52. The Hall–Kier alpha value is -4.75. The smallest absolute Gasteiger partial charge is 0.255 e. The molecule has 13 nitrogen and oxygen atoms in total. The summed E-state index contributed by atoms with van der Waals surface area (Å²) in [6, 6.07) is 4.51. The highest BCUT2D eigenvalue weighted by Gasteiger charge is 2.64. The molecule has 214 valence electrons. The standard InChI is InChI=1S/C28H28N4O9/c1-31(2)21-16-10-14-9-15-13(11-30-27(39)12-5-7-32(41)8-6-12)3-4-17(33)19(15)22(34)18(14)24(36)28(16,40)25(37)20(23(21)35)26(29)38/h3-8,14,16,21,40H,9-11H2,1-2H3,(H6-,29,30,33,34,35,36,37,38,39,41)/p+1/t14-,16-,21-,28-/m1/s1. The summed E-state index contributed by atoms with van der Waals surface area (Å²) < 4.78 is 0.789. The van der Waals surface area contributed by atoms with E-state index in [1.54, 1.807) is 6.07 Å². The molecule has 8 N–H and O–H groups in total. The molecule has 4 atom stereocenters. The molecule has 0 aliphatic heterocycles. The van der Waals surface area contributed by atoms with Crippen molar-refractivity contribution in [3.05, 3.63) is 75.8 Å². The average Bonchev–Trinajstić information content (AvgIpc) is 2.90. The first kappa shape index (κ1) is 27.8. The number of benzene rings is 1. The molecule has 5 rings (SSSR count). The van der Waals surface area contributed by atoms with Crippen LogP contribution in [-0.4, -0.2) is 79.7 Å². The van der Waals surface area contributed by atoms with E-state index >= 15 is 0 Å². The van der Waals surface area contributed by atoms with Crippen LogP contribution in [0.3, 0.4) is 0 Å². The number of nitrogens with one attached hydrogen (secondary N) is 1. The number of nitrogens with zero attached hydrogens (tertiary/aromatic N) is 2. The molecule has 0 bridgehead atoms. The van der Waals surface area contributed by atoms with Gasteiger partial charge >= 0.3 is 0 Å². The number of likely N-dealkylation sites (N-methyl/N-ethyl adjacent to an activating group) is 1. The zero-order valence-corrected chi connectivity index (χ0v) is 22.2. The Labute approximate surface area is 233 Å². The van der Waals surface area contributed by atoms with Gasteiger partial charge in [0.15, 0.2) is 11.4 Å². The minimum atomic E-state index is -2.71. The molecule has 1 aromatic heterocycles. The molecule has 0 unspecified atom stereocenters. The Morgan fingerprint density at radius 2 is 1.78 bits per heavy atom. The summed E-state index contributed by atoms with van der Waals surface area (Å²) in [5.41, 5.74) is 2.71. The number of hydrogen-bond acceptors (Lipinski definition) is 10. The molecule has 3 aliphatic rings. The Balaban J connectivity index is 1.57. The van der Waals surface area contributed by atoms with E-state index in [-0.39, 0.29) is 41.8 Å². The number of hydrogen-bond donors (Lipinski definition) is 7. The topological polar surface area (TPSA) is 215 Å². The molecule has 1 aromatic carbocycles. The van der Waals surface area contributed by atoms with Crippen molar-refractivity contribution in [1.82, 2.24) is 10.2 Å². The maximum Gasteiger partial charge on any atom is 0.255 e. The molecular formula is C28H29N4O9+. The largest absolute Gasteiger partial charge is 0.508 e. The summed E-state index contributed by atoms with van der Waals surface area (Å²) in [7, 11) is 3.05. The summed E-state index contributed by atoms with van der Waals surface area (Å²) >= 11 is 0. The van der Waals surface area contributed by atoms with Gasteiger partial charge in [-0.25, -0.2) is 0 Å². The number of primary amides is 1. The number of ketones is 2. The van der Waals surface area contributed by atoms with Crippen molar-refractivity contribution in [3.63, 3.8) is 0 Å². The van der Waals surface area contributed by atoms with Crippen LogP contribution in [0, 0.1) is 11.8 Å². The molecule has 0 saturated heterocycles. The number of carbonyl (C=O) groups is 4. The first-order chi connectivity index (χ1) is 19.3. The summed E-state index contributed by atoms with van der Waals surface area (Å²) in [5.74, 6) is -7.70. The van der Waals surface area contributed by atoms with Crippen molar-refractivity contribution in [1.29, 1.82) is 0 Å². The van der Waals surface area contributed by atoms with Crippen molar-refractivity contribution < 1.29 is 49.5 Å². The van der Waals surface area contributed by atoms with Crippen LogP contribution in [0.25, 0.3) is 5.76 Å². The predicted molar refractivity (Wildman–Crippen MR) is 139 cm³/mol. The second kappa shape index (κ2) is 9.71.